The Hall–Kier alpha value is -5.35. The Morgan fingerprint density at radius 2 is 1.46 bits per heavy atom. The third-order valence-electron chi connectivity index (χ3n) is 7.66. The van der Waals surface area contributed by atoms with Crippen LogP contribution in [-0.4, -0.2) is 10.3 Å². The lowest BCUT2D eigenvalue weighted by atomic mass is 9.93. The van der Waals surface area contributed by atoms with Gasteiger partial charge in [0.2, 0.25) is 0 Å². The van der Waals surface area contributed by atoms with Crippen LogP contribution in [0.4, 0.5) is 0 Å². The van der Waals surface area contributed by atoms with Crippen molar-refractivity contribution < 1.29 is 4.42 Å². The number of fused-ring (bicyclic) bond motifs is 6. The number of nitrogens with one attached hydrogen (secondary N) is 2. The van der Waals surface area contributed by atoms with Crippen molar-refractivity contribution in [2.45, 2.75) is 0 Å². The molecule has 0 saturated heterocycles. The second-order valence-electron chi connectivity index (χ2n) is 9.87. The molecule has 2 aliphatic rings. The zero-order valence-corrected chi connectivity index (χ0v) is 21.0. The number of para-hydroxylation sites is 2. The number of hydrogen-bond acceptors (Lipinski definition) is 3. The van der Waals surface area contributed by atoms with E-state index in [1.807, 2.05) is 48.7 Å². The van der Waals surface area contributed by atoms with Crippen LogP contribution in [0.2, 0.25) is 0 Å². The number of rotatable bonds is 2. The Kier molecular flexibility index (Phi) is 4.64. The van der Waals surface area contributed by atoms with Crippen LogP contribution in [0.3, 0.4) is 0 Å². The molecular weight excluding hydrogens is 478 g/mol. The highest BCUT2D eigenvalue weighted by molar-refractivity contribution is 6.17. The molecule has 4 aromatic carbocycles. The summed E-state index contributed by atoms with van der Waals surface area (Å²) in [5.41, 5.74) is 9.72. The van der Waals surface area contributed by atoms with Gasteiger partial charge in [0.05, 0.1) is 22.4 Å². The summed E-state index contributed by atoms with van der Waals surface area (Å²) in [5, 5.41) is 16.4. The molecule has 1 aliphatic heterocycles. The predicted molar refractivity (Wildman–Crippen MR) is 161 cm³/mol. The molecule has 0 saturated carbocycles. The first-order valence-electron chi connectivity index (χ1n) is 13.0. The number of hydrogen-bond donors (Lipinski definition) is 2. The van der Waals surface area contributed by atoms with E-state index in [9.17, 15) is 0 Å². The fraction of sp³-hybridized carbons (Fsp3) is 0. The van der Waals surface area contributed by atoms with Crippen molar-refractivity contribution in [3.8, 4) is 5.69 Å². The standard InChI is InChI=1S/C35H23N3O/c36-30-12-4-1-10-27(30)35-24(11-7-19-37-35)22-15-17-23(18-16-22)38-31-13-5-2-8-25(31)28-21-34-29(20-32(28)38)26-9-3-6-14-33(26)39-34/h1-21,36-37H/b35-27-,36-30?. The molecule has 0 radical (unpaired) electrons. The van der Waals surface area contributed by atoms with E-state index in [2.05, 4.69) is 88.8 Å². The molecule has 1 aliphatic carbocycles. The molecule has 184 valence electrons. The van der Waals surface area contributed by atoms with E-state index < -0.39 is 0 Å². The SMILES string of the molecule is N=C1C=CC=C/C1=C1/NC=CC=C1c1ccc(-n2c3ccccc3c3cc4oc5ccccc5c4cc32)cc1. The van der Waals surface area contributed by atoms with Crippen molar-refractivity contribution in [3.63, 3.8) is 0 Å². The van der Waals surface area contributed by atoms with E-state index in [1.165, 1.54) is 10.8 Å². The highest BCUT2D eigenvalue weighted by Gasteiger charge is 2.19. The maximum absolute atomic E-state index is 8.42. The van der Waals surface area contributed by atoms with Crippen molar-refractivity contribution in [2.24, 2.45) is 0 Å². The monoisotopic (exact) mass is 501 g/mol. The Morgan fingerprint density at radius 1 is 0.667 bits per heavy atom. The fourth-order valence-corrected chi connectivity index (χ4v) is 5.86. The lowest BCUT2D eigenvalue weighted by Gasteiger charge is -2.20. The largest absolute Gasteiger partial charge is 0.456 e. The molecule has 2 aromatic heterocycles. The fourth-order valence-electron chi connectivity index (χ4n) is 5.86. The molecule has 4 heteroatoms. The Labute approximate surface area is 224 Å². The number of benzene rings is 4. The third-order valence-corrected chi connectivity index (χ3v) is 7.66. The van der Waals surface area contributed by atoms with Gasteiger partial charge in [-0.05, 0) is 54.1 Å². The molecule has 39 heavy (non-hydrogen) atoms. The van der Waals surface area contributed by atoms with Gasteiger partial charge >= 0.3 is 0 Å². The van der Waals surface area contributed by atoms with Gasteiger partial charge in [0.1, 0.15) is 11.2 Å². The predicted octanol–water partition coefficient (Wildman–Crippen LogP) is 8.58. The molecule has 0 atom stereocenters. The van der Waals surface area contributed by atoms with Crippen molar-refractivity contribution in [2.75, 3.05) is 0 Å². The van der Waals surface area contributed by atoms with Crippen LogP contribution in [0.5, 0.6) is 0 Å². The van der Waals surface area contributed by atoms with Gasteiger partial charge in [-0.2, -0.15) is 0 Å². The highest BCUT2D eigenvalue weighted by atomic mass is 16.3. The van der Waals surface area contributed by atoms with Gasteiger partial charge in [-0.3, -0.25) is 0 Å². The van der Waals surface area contributed by atoms with E-state index in [4.69, 9.17) is 9.83 Å². The molecule has 4 nitrogen and oxygen atoms in total. The topological polar surface area (TPSA) is 54.0 Å². The molecule has 0 fully saturated rings. The first-order valence-corrected chi connectivity index (χ1v) is 13.0. The van der Waals surface area contributed by atoms with Crippen molar-refractivity contribution in [3.05, 3.63) is 144 Å². The van der Waals surface area contributed by atoms with Crippen LogP contribution in [0.25, 0.3) is 55.0 Å². The number of nitrogens with zero attached hydrogens (tertiary/aromatic N) is 1. The van der Waals surface area contributed by atoms with Gasteiger partial charge in [0, 0.05) is 44.6 Å². The Morgan fingerprint density at radius 3 is 2.33 bits per heavy atom. The lowest BCUT2D eigenvalue weighted by Crippen LogP contribution is -2.16. The summed E-state index contributed by atoms with van der Waals surface area (Å²) in [7, 11) is 0. The van der Waals surface area contributed by atoms with E-state index >= 15 is 0 Å². The molecule has 0 amide bonds. The average Bonchev–Trinajstić information content (AvgIpc) is 3.51. The van der Waals surface area contributed by atoms with Crippen molar-refractivity contribution in [1.29, 1.82) is 5.41 Å². The Balaban J connectivity index is 1.31. The first-order chi connectivity index (χ1) is 19.3. The van der Waals surface area contributed by atoms with Crippen molar-refractivity contribution >= 4 is 55.0 Å². The molecule has 6 aromatic rings. The molecule has 3 heterocycles. The minimum Gasteiger partial charge on any atom is -0.456 e. The van der Waals surface area contributed by atoms with Crippen LogP contribution in [0.15, 0.2) is 143 Å². The van der Waals surface area contributed by atoms with Gasteiger partial charge in [-0.1, -0.05) is 72.8 Å². The van der Waals surface area contributed by atoms with E-state index in [0.717, 1.165) is 61.1 Å². The lowest BCUT2D eigenvalue weighted by molar-refractivity contribution is 0.669. The van der Waals surface area contributed by atoms with Gasteiger partial charge in [-0.25, -0.2) is 0 Å². The normalized spacial score (nSPS) is 17.0. The van der Waals surface area contributed by atoms with Crippen LogP contribution in [-0.2, 0) is 0 Å². The third kappa shape index (κ3) is 3.28. The van der Waals surface area contributed by atoms with Crippen LogP contribution >= 0.6 is 0 Å². The maximum atomic E-state index is 8.42. The Bertz CT molecular complexity index is 2140. The van der Waals surface area contributed by atoms with Gasteiger partial charge in [0.25, 0.3) is 0 Å². The van der Waals surface area contributed by atoms with Crippen LogP contribution < -0.4 is 5.32 Å². The average molecular weight is 502 g/mol. The maximum Gasteiger partial charge on any atom is 0.136 e. The van der Waals surface area contributed by atoms with Crippen LogP contribution in [0.1, 0.15) is 5.56 Å². The molecule has 8 rings (SSSR count). The second-order valence-corrected chi connectivity index (χ2v) is 9.87. The van der Waals surface area contributed by atoms with Crippen molar-refractivity contribution in [1.82, 2.24) is 9.88 Å². The number of furan rings is 1. The summed E-state index contributed by atoms with van der Waals surface area (Å²) in [6.07, 6.45) is 13.7. The minimum absolute atomic E-state index is 0.501. The summed E-state index contributed by atoms with van der Waals surface area (Å²) in [5.74, 6) is 0. The van der Waals surface area contributed by atoms with E-state index in [1.54, 1.807) is 0 Å². The summed E-state index contributed by atoms with van der Waals surface area (Å²) in [6, 6.07) is 29.9. The van der Waals surface area contributed by atoms with E-state index in [-0.39, 0.29) is 0 Å². The van der Waals surface area contributed by atoms with E-state index in [0.29, 0.717) is 5.71 Å². The zero-order chi connectivity index (χ0) is 25.9. The molecular formula is C35H23N3O. The summed E-state index contributed by atoms with van der Waals surface area (Å²) < 4.78 is 8.56. The molecule has 0 bridgehead atoms. The first kappa shape index (κ1) is 21.7. The zero-order valence-electron chi connectivity index (χ0n) is 21.0. The summed E-state index contributed by atoms with van der Waals surface area (Å²) in [6.45, 7) is 0. The van der Waals surface area contributed by atoms with Gasteiger partial charge in [0.15, 0.2) is 0 Å². The number of aromatic nitrogens is 1. The smallest absolute Gasteiger partial charge is 0.136 e. The highest BCUT2D eigenvalue weighted by Crippen LogP contribution is 2.38. The summed E-state index contributed by atoms with van der Waals surface area (Å²) in [4.78, 5) is 0. The van der Waals surface area contributed by atoms with Crippen LogP contribution in [0, 0.1) is 5.41 Å². The molecule has 0 unspecified atom stereocenters. The second kappa shape index (κ2) is 8.33. The number of allylic oxidation sites excluding steroid dienone is 8. The molecule has 2 N–H and O–H groups in total. The quantitative estimate of drug-likeness (QED) is 0.250. The summed E-state index contributed by atoms with van der Waals surface area (Å²) >= 11 is 0. The minimum atomic E-state index is 0.501. The number of dihydropyridines is 1. The van der Waals surface area contributed by atoms with Gasteiger partial charge in [-0.15, -0.1) is 0 Å². The van der Waals surface area contributed by atoms with Gasteiger partial charge < -0.3 is 19.7 Å². The molecule has 0 spiro atoms.